The highest BCUT2D eigenvalue weighted by molar-refractivity contribution is 6.42. The van der Waals surface area contributed by atoms with Crippen LogP contribution in [0.2, 0.25) is 10.0 Å². The molecule has 0 spiro atoms. The normalized spacial score (nSPS) is 18.6. The Labute approximate surface area is 209 Å². The van der Waals surface area contributed by atoms with Crippen molar-refractivity contribution in [2.75, 3.05) is 51.7 Å². The Hall–Kier alpha value is -2.03. The van der Waals surface area contributed by atoms with E-state index in [2.05, 4.69) is 21.9 Å². The molecule has 0 saturated carbocycles. The number of nitrogens with two attached hydrogens (primary N) is 1. The number of nitrogen functional groups attached to an aromatic ring is 1. The van der Waals surface area contributed by atoms with Crippen molar-refractivity contribution in [3.8, 4) is 0 Å². The molecule has 2 aliphatic rings. The van der Waals surface area contributed by atoms with Gasteiger partial charge in [0, 0.05) is 57.5 Å². The van der Waals surface area contributed by atoms with E-state index >= 15 is 0 Å². The molecule has 2 N–H and O–H groups in total. The van der Waals surface area contributed by atoms with Gasteiger partial charge in [-0.25, -0.2) is 4.79 Å². The number of hydrogen-bond donors (Lipinski definition) is 1. The highest BCUT2D eigenvalue weighted by Crippen LogP contribution is 2.31. The minimum absolute atomic E-state index is 0.0265. The van der Waals surface area contributed by atoms with Crippen LogP contribution >= 0.6 is 23.2 Å². The van der Waals surface area contributed by atoms with E-state index in [-0.39, 0.29) is 11.7 Å². The van der Waals surface area contributed by atoms with Gasteiger partial charge >= 0.3 is 5.69 Å². The average molecular weight is 504 g/mol. The quantitative estimate of drug-likeness (QED) is 0.517. The van der Waals surface area contributed by atoms with E-state index in [4.69, 9.17) is 33.7 Å². The summed E-state index contributed by atoms with van der Waals surface area (Å²) in [7, 11) is 0. The second kappa shape index (κ2) is 10.3. The smallest absolute Gasteiger partial charge is 0.329 e. The lowest BCUT2D eigenvalue weighted by atomic mass is 10.0. The van der Waals surface area contributed by atoms with Gasteiger partial charge in [-0.1, -0.05) is 35.3 Å². The Morgan fingerprint density at radius 3 is 2.21 bits per heavy atom. The van der Waals surface area contributed by atoms with E-state index in [1.807, 2.05) is 33.4 Å². The highest BCUT2D eigenvalue weighted by atomic mass is 35.5. The summed E-state index contributed by atoms with van der Waals surface area (Å²) in [6.45, 7) is 7.47. The first kappa shape index (κ1) is 23.7. The van der Waals surface area contributed by atoms with Crippen LogP contribution in [-0.2, 0) is 17.8 Å². The summed E-state index contributed by atoms with van der Waals surface area (Å²) in [5.74, 6) is 0. The number of rotatable bonds is 6. The van der Waals surface area contributed by atoms with Crippen LogP contribution in [0.25, 0.3) is 11.0 Å². The van der Waals surface area contributed by atoms with Crippen molar-refractivity contribution in [3.05, 3.63) is 62.5 Å². The van der Waals surface area contributed by atoms with Crippen molar-refractivity contribution in [1.29, 1.82) is 0 Å². The lowest BCUT2D eigenvalue weighted by Crippen LogP contribution is -2.40. The molecule has 182 valence electrons. The molecule has 2 saturated heterocycles. The van der Waals surface area contributed by atoms with Gasteiger partial charge in [0.1, 0.15) is 0 Å². The van der Waals surface area contributed by atoms with E-state index in [9.17, 15) is 4.79 Å². The Morgan fingerprint density at radius 2 is 1.53 bits per heavy atom. The molecule has 9 heteroatoms. The monoisotopic (exact) mass is 503 g/mol. The summed E-state index contributed by atoms with van der Waals surface area (Å²) in [6, 6.07) is 11.9. The molecule has 1 aromatic heterocycles. The second-order valence-electron chi connectivity index (χ2n) is 9.26. The molecule has 0 unspecified atom stereocenters. The summed E-state index contributed by atoms with van der Waals surface area (Å²) >= 11 is 12.8. The van der Waals surface area contributed by atoms with Crippen LogP contribution in [0, 0.1) is 0 Å². The first-order chi connectivity index (χ1) is 16.5. The number of morpholine rings is 1. The summed E-state index contributed by atoms with van der Waals surface area (Å²) in [5, 5.41) is 0.957. The van der Waals surface area contributed by atoms with Gasteiger partial charge in [-0.15, -0.1) is 0 Å². The molecule has 7 nitrogen and oxygen atoms in total. The lowest BCUT2D eigenvalue weighted by molar-refractivity contribution is 0.0364. The summed E-state index contributed by atoms with van der Waals surface area (Å²) in [6.07, 6.45) is 1.83. The second-order valence-corrected chi connectivity index (χ2v) is 10.1. The molecule has 3 heterocycles. The molecular weight excluding hydrogens is 473 g/mol. The van der Waals surface area contributed by atoms with E-state index in [1.165, 1.54) is 5.56 Å². The predicted octanol–water partition coefficient (Wildman–Crippen LogP) is 3.86. The summed E-state index contributed by atoms with van der Waals surface area (Å²) in [5.41, 5.74) is 9.61. The van der Waals surface area contributed by atoms with Crippen LogP contribution in [-0.4, -0.2) is 64.9 Å². The van der Waals surface area contributed by atoms with Gasteiger partial charge in [0.25, 0.3) is 0 Å². The van der Waals surface area contributed by atoms with Crippen LogP contribution < -0.4 is 11.4 Å². The molecule has 0 aliphatic carbocycles. The zero-order chi connectivity index (χ0) is 23.7. The van der Waals surface area contributed by atoms with Gasteiger partial charge in [0.05, 0.1) is 34.3 Å². The molecule has 3 aromatic rings. The lowest BCUT2D eigenvalue weighted by Gasteiger charge is -2.32. The topological polar surface area (TPSA) is 68.7 Å². The number of nitrogens with zero attached hydrogens (tertiary/aromatic N) is 4. The maximum atomic E-state index is 13.7. The molecule has 2 fully saturated rings. The molecule has 5 rings (SSSR count). The molecule has 34 heavy (non-hydrogen) atoms. The number of anilines is 1. The van der Waals surface area contributed by atoms with Crippen molar-refractivity contribution in [2.45, 2.75) is 32.0 Å². The largest absolute Gasteiger partial charge is 0.399 e. The zero-order valence-electron chi connectivity index (χ0n) is 19.3. The number of hydrogen-bond acceptors (Lipinski definition) is 5. The third-order valence-electron chi connectivity index (χ3n) is 7.06. The number of aromatic nitrogens is 2. The Kier molecular flexibility index (Phi) is 7.18. The van der Waals surface area contributed by atoms with Crippen LogP contribution in [0.15, 0.2) is 41.2 Å². The Bertz CT molecular complexity index is 1190. The van der Waals surface area contributed by atoms with Crippen molar-refractivity contribution < 1.29 is 4.74 Å². The first-order valence-electron chi connectivity index (χ1n) is 12.0. The number of fused-ring (bicyclic) bond motifs is 1. The van der Waals surface area contributed by atoms with Crippen molar-refractivity contribution in [2.24, 2.45) is 0 Å². The van der Waals surface area contributed by atoms with E-state index in [0.717, 1.165) is 82.0 Å². The number of halogens is 2. The minimum Gasteiger partial charge on any atom is -0.399 e. The van der Waals surface area contributed by atoms with Crippen LogP contribution in [0.3, 0.4) is 0 Å². The predicted molar refractivity (Wildman–Crippen MR) is 138 cm³/mol. The molecule has 0 atom stereocenters. The fourth-order valence-electron chi connectivity index (χ4n) is 5.12. The maximum Gasteiger partial charge on any atom is 0.329 e. The van der Waals surface area contributed by atoms with Gasteiger partial charge < -0.3 is 10.5 Å². The fourth-order valence-corrected chi connectivity index (χ4v) is 5.44. The summed E-state index contributed by atoms with van der Waals surface area (Å²) in [4.78, 5) is 18.4. The summed E-state index contributed by atoms with van der Waals surface area (Å²) < 4.78 is 9.28. The van der Waals surface area contributed by atoms with E-state index in [1.54, 1.807) is 0 Å². The number of piperidine rings is 1. The third-order valence-corrected chi connectivity index (χ3v) is 7.78. The number of benzene rings is 2. The van der Waals surface area contributed by atoms with Gasteiger partial charge in [-0.3, -0.25) is 18.9 Å². The number of ether oxygens (including phenoxy) is 1. The van der Waals surface area contributed by atoms with Gasteiger partial charge in [-0.05, 0) is 42.7 Å². The van der Waals surface area contributed by atoms with Crippen LogP contribution in [0.1, 0.15) is 24.4 Å². The third kappa shape index (κ3) is 4.99. The maximum absolute atomic E-state index is 13.7. The number of likely N-dealkylation sites (tertiary alicyclic amines) is 1. The van der Waals surface area contributed by atoms with Crippen molar-refractivity contribution in [3.63, 3.8) is 0 Å². The first-order valence-corrected chi connectivity index (χ1v) is 12.7. The molecule has 0 radical (unpaired) electrons. The molecular formula is C25H31Cl2N5O2. The van der Waals surface area contributed by atoms with Crippen LogP contribution in [0.4, 0.5) is 5.69 Å². The zero-order valence-corrected chi connectivity index (χ0v) is 20.8. The molecule has 0 amide bonds. The Balaban J connectivity index is 1.36. The van der Waals surface area contributed by atoms with E-state index in [0.29, 0.717) is 16.6 Å². The van der Waals surface area contributed by atoms with Crippen LogP contribution in [0.5, 0.6) is 0 Å². The molecule has 0 bridgehead atoms. The minimum atomic E-state index is 0.0265. The highest BCUT2D eigenvalue weighted by Gasteiger charge is 2.26. The van der Waals surface area contributed by atoms with Crippen molar-refractivity contribution in [1.82, 2.24) is 18.9 Å². The standard InChI is InChI=1S/C25H31Cl2N5O2/c26-21-15-23-24(16-22(21)27)32(25(33)31(23)10-9-29-11-13-34-14-12-29)20-5-7-30(8-6-20)17-18-1-3-19(28)4-2-18/h1-4,15-16,20H,5-14,17,28H2. The van der Waals surface area contributed by atoms with Gasteiger partial charge in [-0.2, -0.15) is 0 Å². The van der Waals surface area contributed by atoms with Crippen molar-refractivity contribution >= 4 is 39.9 Å². The average Bonchev–Trinajstić information content (AvgIpc) is 3.11. The van der Waals surface area contributed by atoms with Gasteiger partial charge in [0.15, 0.2) is 0 Å². The molecule has 2 aliphatic heterocycles. The van der Waals surface area contributed by atoms with E-state index < -0.39 is 0 Å². The van der Waals surface area contributed by atoms with Gasteiger partial charge in [0.2, 0.25) is 0 Å². The fraction of sp³-hybridized carbons (Fsp3) is 0.480. The molecule has 2 aromatic carbocycles. The Morgan fingerprint density at radius 1 is 0.882 bits per heavy atom. The number of imidazole rings is 1. The SMILES string of the molecule is Nc1ccc(CN2CCC(n3c(=O)n(CCN4CCOCC4)c4cc(Cl)c(Cl)cc43)CC2)cc1.